The number of hydrogen-bond donors (Lipinski definition) is 0. The molecule has 6 heteroatoms. The molecule has 0 heterocycles. The first-order valence-electron chi connectivity index (χ1n) is 0.971. The molecule has 0 N–H and O–H groups in total. The van der Waals surface area contributed by atoms with Crippen LogP contribution in [0.15, 0.2) is 0 Å². The largest absolute Gasteiger partial charge is 1.00 e. The summed E-state index contributed by atoms with van der Waals surface area (Å²) >= 11 is 0. The van der Waals surface area contributed by atoms with E-state index in [0.29, 0.717) is 0 Å². The first-order valence-corrected chi connectivity index (χ1v) is 2.44. The van der Waals surface area contributed by atoms with Crippen molar-refractivity contribution in [2.75, 3.05) is 0 Å². The Hall–Kier alpha value is 0.580. The normalized spacial score (nSPS) is 9.29. The van der Waals surface area contributed by atoms with Crippen LogP contribution in [-0.2, 0) is 14.9 Å². The van der Waals surface area contributed by atoms with Gasteiger partial charge < -0.3 is 4.55 Å². The Morgan fingerprint density at radius 3 is 1.57 bits per heavy atom. The molecule has 0 aromatic carbocycles. The topological polar surface area (TPSA) is 74.3 Å². The molecule has 0 aliphatic rings. The summed E-state index contributed by atoms with van der Waals surface area (Å²) in [5.74, 6) is 0. The van der Waals surface area contributed by atoms with Crippen LogP contribution in [0.1, 0.15) is 0 Å². The molecule has 0 spiro atoms. The molecular formula is CHNaO4S. The van der Waals surface area contributed by atoms with Gasteiger partial charge in [0.1, 0.15) is 0 Å². The molecule has 0 atom stereocenters. The van der Waals surface area contributed by atoms with E-state index in [-0.39, 0.29) is 29.6 Å². The summed E-state index contributed by atoms with van der Waals surface area (Å²) < 4.78 is 27.2. The van der Waals surface area contributed by atoms with E-state index >= 15 is 0 Å². The van der Waals surface area contributed by atoms with Gasteiger partial charge in [-0.3, -0.25) is 4.79 Å². The molecule has 36 valence electrons. The zero-order valence-electron chi connectivity index (χ0n) is 3.62. The molecule has 0 saturated carbocycles. The Labute approximate surface area is 62.9 Å². The maximum absolute atomic E-state index is 9.08. The van der Waals surface area contributed by atoms with Gasteiger partial charge in [0.2, 0.25) is 5.62 Å². The summed E-state index contributed by atoms with van der Waals surface area (Å²) in [4.78, 5) is 8.93. The fraction of sp³-hybridized carbons (Fsp3) is 0. The third-order valence-corrected chi connectivity index (χ3v) is 0.354. The molecule has 0 amide bonds. The maximum Gasteiger partial charge on any atom is 1.00 e. The molecule has 0 saturated heterocycles. The van der Waals surface area contributed by atoms with Gasteiger partial charge in [-0.25, -0.2) is 8.42 Å². The van der Waals surface area contributed by atoms with E-state index < -0.39 is 15.7 Å². The summed E-state index contributed by atoms with van der Waals surface area (Å²) in [5, 5.41) is 0. The molecule has 7 heavy (non-hydrogen) atoms. The van der Waals surface area contributed by atoms with Gasteiger partial charge in [-0.15, -0.1) is 0 Å². The van der Waals surface area contributed by atoms with E-state index in [9.17, 15) is 0 Å². The van der Waals surface area contributed by atoms with Crippen LogP contribution >= 0.6 is 0 Å². The minimum atomic E-state index is -4.59. The molecule has 0 aromatic rings. The molecule has 0 radical (unpaired) electrons. The quantitative estimate of drug-likeness (QED) is 0.205. The van der Waals surface area contributed by atoms with E-state index in [2.05, 4.69) is 0 Å². The van der Waals surface area contributed by atoms with E-state index in [1.165, 1.54) is 0 Å². The van der Waals surface area contributed by atoms with Gasteiger partial charge in [0.15, 0.2) is 10.1 Å². The summed E-state index contributed by atoms with van der Waals surface area (Å²) in [6.07, 6.45) is 0. The fourth-order valence-corrected chi connectivity index (χ4v) is 0. The van der Waals surface area contributed by atoms with Crippen LogP contribution in [0.3, 0.4) is 0 Å². The molecule has 0 rings (SSSR count). The Morgan fingerprint density at radius 2 is 1.57 bits per heavy atom. The van der Waals surface area contributed by atoms with Gasteiger partial charge in [-0.1, -0.05) is 0 Å². The Kier molecular flexibility index (Phi) is 5.37. The van der Waals surface area contributed by atoms with Crippen molar-refractivity contribution in [2.24, 2.45) is 0 Å². The van der Waals surface area contributed by atoms with Crippen LogP contribution in [0, 0.1) is 0 Å². The van der Waals surface area contributed by atoms with E-state index in [0.717, 1.165) is 0 Å². The number of carbonyl (C=O) groups excluding carboxylic acids is 1. The van der Waals surface area contributed by atoms with Gasteiger partial charge in [0.05, 0.1) is 0 Å². The Balaban J connectivity index is 0. The van der Waals surface area contributed by atoms with E-state index in [4.69, 9.17) is 17.8 Å². The van der Waals surface area contributed by atoms with Crippen molar-refractivity contribution in [2.45, 2.75) is 0 Å². The molecule has 0 fully saturated rings. The molecule has 4 nitrogen and oxygen atoms in total. The van der Waals surface area contributed by atoms with Crippen LogP contribution in [0.5, 0.6) is 0 Å². The van der Waals surface area contributed by atoms with Crippen LogP contribution in [0.4, 0.5) is 0 Å². The molecule has 0 aliphatic heterocycles. The molecule has 0 bridgehead atoms. The first-order chi connectivity index (χ1) is 2.56. The second-order valence-electron chi connectivity index (χ2n) is 0.589. The molecule has 0 unspecified atom stereocenters. The number of carbonyl (C=O) groups is 1. The minimum Gasteiger partial charge on any atom is -0.742 e. The van der Waals surface area contributed by atoms with Gasteiger partial charge in [0, 0.05) is 0 Å². The van der Waals surface area contributed by atoms with Crippen molar-refractivity contribution in [1.82, 2.24) is 0 Å². The van der Waals surface area contributed by atoms with Crippen LogP contribution in [0.25, 0.3) is 0 Å². The molecule has 0 aromatic heterocycles. The van der Waals surface area contributed by atoms with Crippen molar-refractivity contribution in [1.29, 1.82) is 0 Å². The zero-order chi connectivity index (χ0) is 5.21. The van der Waals surface area contributed by atoms with Gasteiger partial charge in [-0.05, 0) is 0 Å². The van der Waals surface area contributed by atoms with Crippen LogP contribution in [0.2, 0.25) is 0 Å². The average Bonchev–Trinajstić information content (AvgIpc) is 1.35. The second-order valence-corrected chi connectivity index (χ2v) is 1.77. The summed E-state index contributed by atoms with van der Waals surface area (Å²) in [7, 11) is -4.59. The van der Waals surface area contributed by atoms with E-state index in [1.807, 2.05) is 0 Å². The monoisotopic (exact) mass is 132 g/mol. The van der Waals surface area contributed by atoms with Gasteiger partial charge in [-0.2, -0.15) is 0 Å². The average molecular weight is 132 g/mol. The summed E-state index contributed by atoms with van der Waals surface area (Å²) in [5.41, 5.74) is -0.646. The van der Waals surface area contributed by atoms with Gasteiger partial charge >= 0.3 is 29.6 Å². The van der Waals surface area contributed by atoms with Crippen molar-refractivity contribution in [3.05, 3.63) is 0 Å². The van der Waals surface area contributed by atoms with Crippen LogP contribution < -0.4 is 29.6 Å². The second kappa shape index (κ2) is 3.57. The predicted molar refractivity (Wildman–Crippen MR) is 16.4 cm³/mol. The fourth-order valence-electron chi connectivity index (χ4n) is 0. The third kappa shape index (κ3) is 10.8. The van der Waals surface area contributed by atoms with Crippen molar-refractivity contribution in [3.8, 4) is 0 Å². The predicted octanol–water partition coefficient (Wildman–Crippen LogP) is -4.27. The maximum atomic E-state index is 9.08. The smallest absolute Gasteiger partial charge is 0.742 e. The molecule has 0 aliphatic carbocycles. The zero-order valence-corrected chi connectivity index (χ0v) is 6.44. The number of hydrogen-bond acceptors (Lipinski definition) is 4. The van der Waals surface area contributed by atoms with E-state index in [1.54, 1.807) is 0 Å². The molecular weight excluding hydrogens is 131 g/mol. The van der Waals surface area contributed by atoms with Crippen molar-refractivity contribution in [3.63, 3.8) is 0 Å². The van der Waals surface area contributed by atoms with Gasteiger partial charge in [0.25, 0.3) is 0 Å². The third-order valence-electron chi connectivity index (χ3n) is 0.118. The minimum absolute atomic E-state index is 0. The summed E-state index contributed by atoms with van der Waals surface area (Å²) in [6.45, 7) is 0. The SMILES string of the molecule is O=CS(=O)(=O)[O-].[Na+]. The Bertz CT molecular complexity index is 122. The first kappa shape index (κ1) is 10.5. The Morgan fingerprint density at radius 1 is 1.43 bits per heavy atom. The summed E-state index contributed by atoms with van der Waals surface area (Å²) in [6, 6.07) is 0. The number of rotatable bonds is 1. The standard InChI is InChI=1S/CH2O4S.Na/c2-1-6(3,4)5;/h1H,(H,3,4,5);/q;+1/p-1. The van der Waals surface area contributed by atoms with Crippen molar-refractivity contribution < 1.29 is 47.3 Å². The van der Waals surface area contributed by atoms with Crippen molar-refractivity contribution >= 4 is 15.7 Å². The van der Waals surface area contributed by atoms with Crippen LogP contribution in [-0.4, -0.2) is 18.6 Å².